The normalized spacial score (nSPS) is 11.1. The summed E-state index contributed by atoms with van der Waals surface area (Å²) in [5.41, 5.74) is 0.619. The van der Waals surface area contributed by atoms with E-state index in [9.17, 15) is 4.79 Å². The Morgan fingerprint density at radius 3 is 2.53 bits per heavy atom. The van der Waals surface area contributed by atoms with Crippen LogP contribution in [-0.2, 0) is 20.9 Å². The Bertz CT molecular complexity index is 293. The summed E-state index contributed by atoms with van der Waals surface area (Å²) in [5.74, 6) is 0. The molecular weight excluding hydrogens is 192 g/mol. The molecule has 0 amide bonds. The highest BCUT2D eigenvalue weighted by Gasteiger charge is 2.19. The first kappa shape index (κ1) is 11.7. The highest BCUT2D eigenvalue weighted by atomic mass is 16.6. The van der Waals surface area contributed by atoms with E-state index in [4.69, 9.17) is 4.74 Å². The molecule has 1 aromatic carbocycles. The highest BCUT2D eigenvalue weighted by Crippen LogP contribution is 2.12. The van der Waals surface area contributed by atoms with Crippen molar-refractivity contribution in [2.45, 2.75) is 26.1 Å². The van der Waals surface area contributed by atoms with Gasteiger partial charge in [0.1, 0.15) is 6.61 Å². The Labute approximate surface area is 90.0 Å². The summed E-state index contributed by atoms with van der Waals surface area (Å²) in [6.07, 6.45) is 0. The first-order chi connectivity index (χ1) is 7.14. The second-order valence-corrected chi connectivity index (χ2v) is 3.91. The Morgan fingerprint density at radius 2 is 1.93 bits per heavy atom. The Balaban J connectivity index is 2.39. The molecule has 15 heavy (non-hydrogen) atoms. The Kier molecular flexibility index (Phi) is 4.31. The molecule has 0 bridgehead atoms. The monoisotopic (exact) mass is 207 g/mol. The molecule has 1 rings (SSSR count). The fraction of sp³-hybridized carbons (Fsp3) is 0.417. The number of ether oxygens (including phenoxy) is 2. The number of benzene rings is 1. The van der Waals surface area contributed by atoms with Crippen LogP contribution in [0.4, 0.5) is 0 Å². The lowest BCUT2D eigenvalue weighted by Crippen LogP contribution is -2.30. The lowest BCUT2D eigenvalue weighted by atomic mass is 10.1. The molecule has 0 fully saturated rings. The minimum atomic E-state index is -0.479. The lowest BCUT2D eigenvalue weighted by Gasteiger charge is -2.23. The first-order valence-electron chi connectivity index (χ1n) is 4.81. The van der Waals surface area contributed by atoms with Crippen molar-refractivity contribution in [3.05, 3.63) is 35.9 Å². The summed E-state index contributed by atoms with van der Waals surface area (Å²) in [5, 5.41) is 0. The van der Waals surface area contributed by atoms with Gasteiger partial charge in [-0.2, -0.15) is 0 Å². The van der Waals surface area contributed by atoms with Crippen LogP contribution in [0.3, 0.4) is 0 Å². The minimum absolute atomic E-state index is 0.212. The van der Waals surface area contributed by atoms with Gasteiger partial charge in [0.15, 0.2) is 0 Å². The molecule has 3 heteroatoms. The smallest absolute Gasteiger partial charge is 0.417 e. The minimum Gasteiger partial charge on any atom is -0.454 e. The standard InChI is InChI=1S/C12H15O3/c1-12(2,9-14-10-13)15-8-11-6-4-3-5-7-11/h3-7H,8-9H2,1-2H3. The number of hydrogen-bond donors (Lipinski definition) is 0. The third kappa shape index (κ3) is 4.61. The van der Waals surface area contributed by atoms with E-state index in [0.717, 1.165) is 5.56 Å². The predicted molar refractivity (Wildman–Crippen MR) is 57.0 cm³/mol. The van der Waals surface area contributed by atoms with Crippen LogP contribution < -0.4 is 0 Å². The van der Waals surface area contributed by atoms with Gasteiger partial charge in [-0.05, 0) is 19.4 Å². The van der Waals surface area contributed by atoms with Gasteiger partial charge in [-0.15, -0.1) is 0 Å². The lowest BCUT2D eigenvalue weighted by molar-refractivity contribution is -0.0601. The van der Waals surface area contributed by atoms with Crippen molar-refractivity contribution < 1.29 is 14.3 Å². The quantitative estimate of drug-likeness (QED) is 0.716. The van der Waals surface area contributed by atoms with Crippen molar-refractivity contribution in [3.63, 3.8) is 0 Å². The number of carbonyl (C=O) groups excluding carboxylic acids is 1. The SMILES string of the molecule is CC(C)(CO[C]=O)OCc1ccccc1. The fourth-order valence-electron chi connectivity index (χ4n) is 1.10. The van der Waals surface area contributed by atoms with E-state index in [-0.39, 0.29) is 6.61 Å². The zero-order chi connectivity index (χ0) is 11.1. The van der Waals surface area contributed by atoms with Crippen molar-refractivity contribution in [1.29, 1.82) is 0 Å². The maximum Gasteiger partial charge on any atom is 0.417 e. The van der Waals surface area contributed by atoms with E-state index in [2.05, 4.69) is 4.74 Å². The average Bonchev–Trinajstić information content (AvgIpc) is 2.25. The molecule has 0 atom stereocenters. The molecule has 0 aliphatic carbocycles. The van der Waals surface area contributed by atoms with Crippen molar-refractivity contribution in [3.8, 4) is 0 Å². The number of hydrogen-bond acceptors (Lipinski definition) is 3. The molecule has 0 spiro atoms. The summed E-state index contributed by atoms with van der Waals surface area (Å²) in [6.45, 7) is 5.85. The van der Waals surface area contributed by atoms with Gasteiger partial charge in [-0.1, -0.05) is 30.3 Å². The molecule has 0 unspecified atom stereocenters. The van der Waals surface area contributed by atoms with E-state index in [1.165, 1.54) is 6.47 Å². The third-order valence-electron chi connectivity index (χ3n) is 1.95. The van der Waals surface area contributed by atoms with Gasteiger partial charge < -0.3 is 9.47 Å². The molecule has 0 N–H and O–H groups in total. The van der Waals surface area contributed by atoms with Crippen molar-refractivity contribution in [2.24, 2.45) is 0 Å². The molecule has 0 aliphatic rings. The zero-order valence-corrected chi connectivity index (χ0v) is 9.03. The third-order valence-corrected chi connectivity index (χ3v) is 1.95. The molecule has 0 aromatic heterocycles. The van der Waals surface area contributed by atoms with E-state index < -0.39 is 5.60 Å². The van der Waals surface area contributed by atoms with Gasteiger partial charge in [0.2, 0.25) is 0 Å². The molecule has 0 saturated heterocycles. The van der Waals surface area contributed by atoms with Crippen LogP contribution in [0.1, 0.15) is 19.4 Å². The van der Waals surface area contributed by atoms with Gasteiger partial charge >= 0.3 is 6.47 Å². The van der Waals surface area contributed by atoms with Crippen LogP contribution in [0.15, 0.2) is 30.3 Å². The van der Waals surface area contributed by atoms with Crippen LogP contribution in [-0.4, -0.2) is 18.7 Å². The highest BCUT2D eigenvalue weighted by molar-refractivity contribution is 5.38. The average molecular weight is 207 g/mol. The van der Waals surface area contributed by atoms with Crippen LogP contribution in [0.5, 0.6) is 0 Å². The largest absolute Gasteiger partial charge is 0.454 e. The zero-order valence-electron chi connectivity index (χ0n) is 9.03. The van der Waals surface area contributed by atoms with Crippen molar-refractivity contribution >= 4 is 6.47 Å². The van der Waals surface area contributed by atoms with Gasteiger partial charge in [-0.3, -0.25) is 0 Å². The van der Waals surface area contributed by atoms with Crippen molar-refractivity contribution in [2.75, 3.05) is 6.61 Å². The van der Waals surface area contributed by atoms with Crippen LogP contribution in [0.25, 0.3) is 0 Å². The molecule has 3 nitrogen and oxygen atoms in total. The Morgan fingerprint density at radius 1 is 1.27 bits per heavy atom. The first-order valence-corrected chi connectivity index (χ1v) is 4.81. The molecule has 0 aliphatic heterocycles. The summed E-state index contributed by atoms with van der Waals surface area (Å²) in [7, 11) is 0. The van der Waals surface area contributed by atoms with E-state index in [1.807, 2.05) is 44.2 Å². The van der Waals surface area contributed by atoms with Crippen molar-refractivity contribution in [1.82, 2.24) is 0 Å². The van der Waals surface area contributed by atoms with E-state index >= 15 is 0 Å². The molecule has 1 radical (unpaired) electrons. The molecule has 0 saturated carbocycles. The fourth-order valence-corrected chi connectivity index (χ4v) is 1.10. The maximum absolute atomic E-state index is 9.92. The van der Waals surface area contributed by atoms with E-state index in [1.54, 1.807) is 0 Å². The second kappa shape index (κ2) is 5.51. The predicted octanol–water partition coefficient (Wildman–Crippen LogP) is 2.07. The maximum atomic E-state index is 9.92. The molecular formula is C12H15O3. The van der Waals surface area contributed by atoms with Gasteiger partial charge in [0, 0.05) is 0 Å². The second-order valence-electron chi connectivity index (χ2n) is 3.91. The van der Waals surface area contributed by atoms with Crippen LogP contribution in [0.2, 0.25) is 0 Å². The summed E-state index contributed by atoms with van der Waals surface area (Å²) in [6, 6.07) is 9.85. The number of rotatable bonds is 6. The van der Waals surface area contributed by atoms with Crippen LogP contribution in [0, 0.1) is 0 Å². The summed E-state index contributed by atoms with van der Waals surface area (Å²) < 4.78 is 10.2. The topological polar surface area (TPSA) is 35.5 Å². The molecule has 0 heterocycles. The molecule has 1 aromatic rings. The Hall–Kier alpha value is -1.35. The molecule has 81 valence electrons. The van der Waals surface area contributed by atoms with E-state index in [0.29, 0.717) is 6.61 Å². The van der Waals surface area contributed by atoms with Gasteiger partial charge in [0.05, 0.1) is 12.2 Å². The summed E-state index contributed by atoms with van der Waals surface area (Å²) >= 11 is 0. The summed E-state index contributed by atoms with van der Waals surface area (Å²) in [4.78, 5) is 9.92. The van der Waals surface area contributed by atoms with Gasteiger partial charge in [-0.25, -0.2) is 4.79 Å². The van der Waals surface area contributed by atoms with Crippen LogP contribution >= 0.6 is 0 Å². The van der Waals surface area contributed by atoms with Gasteiger partial charge in [0.25, 0.3) is 0 Å².